The normalized spacial score (nSPS) is 10.6. The molecule has 0 saturated heterocycles. The van der Waals surface area contributed by atoms with Gasteiger partial charge in [0.05, 0.1) is 16.8 Å². The van der Waals surface area contributed by atoms with E-state index in [4.69, 9.17) is 5.73 Å². The molecule has 70 valence electrons. The first-order chi connectivity index (χ1) is 6.09. The molecule has 6 heteroatoms. The molecule has 2 amide bonds. The number of hydrogen-bond acceptors (Lipinski definition) is 4. The summed E-state index contributed by atoms with van der Waals surface area (Å²) in [6.45, 7) is 1.89. The number of nitrogens with zero attached hydrogens (tertiary/aromatic N) is 3. The van der Waals surface area contributed by atoms with Crippen LogP contribution in [0.25, 0.3) is 0 Å². The largest absolute Gasteiger partial charge is 0.350 e. The molecule has 0 spiro atoms. The number of carbonyl (C=O) groups excluding carboxylic acids is 1. The molecule has 0 aromatic carbocycles. The van der Waals surface area contributed by atoms with Crippen LogP contribution in [0.15, 0.2) is 11.2 Å². The zero-order valence-corrected chi connectivity index (χ0v) is 8.21. The van der Waals surface area contributed by atoms with Crippen molar-refractivity contribution in [3.05, 3.63) is 16.6 Å². The quantitative estimate of drug-likeness (QED) is 0.564. The van der Waals surface area contributed by atoms with Crippen molar-refractivity contribution in [1.29, 1.82) is 0 Å². The van der Waals surface area contributed by atoms with Crippen molar-refractivity contribution >= 4 is 23.8 Å². The van der Waals surface area contributed by atoms with Crippen LogP contribution in [0.2, 0.25) is 0 Å². The van der Waals surface area contributed by atoms with E-state index in [1.165, 1.54) is 18.6 Å². The van der Waals surface area contributed by atoms with Crippen LogP contribution in [0.1, 0.15) is 10.6 Å². The van der Waals surface area contributed by atoms with Gasteiger partial charge in [0, 0.05) is 7.05 Å². The number of aromatic nitrogens is 1. The third-order valence-electron chi connectivity index (χ3n) is 1.32. The second kappa shape index (κ2) is 3.99. The highest BCUT2D eigenvalue weighted by Crippen LogP contribution is 2.05. The van der Waals surface area contributed by atoms with Gasteiger partial charge in [0.1, 0.15) is 0 Å². The zero-order chi connectivity index (χ0) is 9.84. The lowest BCUT2D eigenvalue weighted by atomic mass is 10.4. The van der Waals surface area contributed by atoms with Gasteiger partial charge in [-0.2, -0.15) is 9.47 Å². The standard InChI is InChI=1S/C7H10N4OS/c1-5-3-6(13-10-5)4-9-11(2)7(8)12/h3-4H,1-2H3,(H2,8,12)/b9-4+. The summed E-state index contributed by atoms with van der Waals surface area (Å²) in [7, 11) is 1.49. The Balaban J connectivity index is 2.63. The van der Waals surface area contributed by atoms with Crippen molar-refractivity contribution in [1.82, 2.24) is 9.38 Å². The number of nitrogens with two attached hydrogens (primary N) is 1. The van der Waals surface area contributed by atoms with Crippen LogP contribution in [0, 0.1) is 6.92 Å². The molecule has 5 nitrogen and oxygen atoms in total. The molecule has 1 heterocycles. The van der Waals surface area contributed by atoms with Gasteiger partial charge in [-0.05, 0) is 24.5 Å². The predicted molar refractivity (Wildman–Crippen MR) is 51.8 cm³/mol. The third-order valence-corrected chi connectivity index (χ3v) is 2.14. The summed E-state index contributed by atoms with van der Waals surface area (Å²) >= 11 is 1.33. The van der Waals surface area contributed by atoms with Crippen molar-refractivity contribution in [2.24, 2.45) is 10.8 Å². The highest BCUT2D eigenvalue weighted by atomic mass is 32.1. The average Bonchev–Trinajstić information content (AvgIpc) is 2.47. The number of amides is 2. The van der Waals surface area contributed by atoms with E-state index in [9.17, 15) is 4.79 Å². The van der Waals surface area contributed by atoms with E-state index in [0.29, 0.717) is 0 Å². The average molecular weight is 198 g/mol. The van der Waals surface area contributed by atoms with E-state index >= 15 is 0 Å². The highest BCUT2D eigenvalue weighted by molar-refractivity contribution is 7.07. The minimum Gasteiger partial charge on any atom is -0.350 e. The zero-order valence-electron chi connectivity index (χ0n) is 7.39. The van der Waals surface area contributed by atoms with E-state index in [2.05, 4.69) is 9.47 Å². The van der Waals surface area contributed by atoms with Crippen LogP contribution in [0.3, 0.4) is 0 Å². The first-order valence-corrected chi connectivity index (χ1v) is 4.37. The maximum absolute atomic E-state index is 10.5. The molecule has 0 fully saturated rings. The van der Waals surface area contributed by atoms with Crippen molar-refractivity contribution in [2.75, 3.05) is 7.05 Å². The lowest BCUT2D eigenvalue weighted by Crippen LogP contribution is -2.27. The lowest BCUT2D eigenvalue weighted by molar-refractivity contribution is 0.220. The summed E-state index contributed by atoms with van der Waals surface area (Å²) < 4.78 is 4.06. The number of hydrogen-bond donors (Lipinski definition) is 1. The summed E-state index contributed by atoms with van der Waals surface area (Å²) in [6, 6.07) is 1.29. The fourth-order valence-corrected chi connectivity index (χ4v) is 1.26. The molecule has 1 aromatic rings. The fourth-order valence-electron chi connectivity index (χ4n) is 0.645. The molecule has 0 bridgehead atoms. The molecule has 13 heavy (non-hydrogen) atoms. The number of carbonyl (C=O) groups is 1. The van der Waals surface area contributed by atoms with Gasteiger partial charge in [-0.25, -0.2) is 9.80 Å². The van der Waals surface area contributed by atoms with Gasteiger partial charge in [-0.3, -0.25) is 0 Å². The van der Waals surface area contributed by atoms with Crippen LogP contribution < -0.4 is 5.73 Å². The molecule has 0 saturated carbocycles. The Kier molecular flexibility index (Phi) is 2.97. The van der Waals surface area contributed by atoms with Crippen molar-refractivity contribution in [3.63, 3.8) is 0 Å². The number of rotatable bonds is 2. The van der Waals surface area contributed by atoms with Crippen molar-refractivity contribution < 1.29 is 4.79 Å². The van der Waals surface area contributed by atoms with Gasteiger partial charge in [0.2, 0.25) is 0 Å². The molecule has 0 aliphatic rings. The first kappa shape index (κ1) is 9.66. The molecular formula is C7H10N4OS. The Morgan fingerprint density at radius 2 is 2.54 bits per heavy atom. The Hall–Kier alpha value is -1.43. The monoisotopic (exact) mass is 198 g/mol. The second-order valence-electron chi connectivity index (χ2n) is 2.48. The van der Waals surface area contributed by atoms with E-state index in [-0.39, 0.29) is 0 Å². The maximum atomic E-state index is 10.5. The minimum atomic E-state index is -0.586. The van der Waals surface area contributed by atoms with E-state index in [1.54, 1.807) is 6.21 Å². The summed E-state index contributed by atoms with van der Waals surface area (Å²) in [5, 5.41) is 4.88. The molecule has 0 atom stereocenters. The minimum absolute atomic E-state index is 0.586. The third kappa shape index (κ3) is 2.83. The summed E-state index contributed by atoms with van der Waals surface area (Å²) in [5.74, 6) is 0. The van der Waals surface area contributed by atoms with Gasteiger partial charge < -0.3 is 5.73 Å². The van der Waals surface area contributed by atoms with Crippen LogP contribution in [0.5, 0.6) is 0 Å². The molecule has 0 aliphatic heterocycles. The van der Waals surface area contributed by atoms with Gasteiger partial charge in [0.15, 0.2) is 0 Å². The van der Waals surface area contributed by atoms with Crippen molar-refractivity contribution in [2.45, 2.75) is 6.92 Å². The van der Waals surface area contributed by atoms with Crippen LogP contribution in [-0.2, 0) is 0 Å². The van der Waals surface area contributed by atoms with Gasteiger partial charge >= 0.3 is 6.03 Å². The lowest BCUT2D eigenvalue weighted by Gasteiger charge is -2.04. The molecule has 1 aromatic heterocycles. The van der Waals surface area contributed by atoms with Crippen LogP contribution in [0.4, 0.5) is 4.79 Å². The number of primary amides is 1. The SMILES string of the molecule is Cc1cc(/C=N/N(C)C(N)=O)sn1. The molecule has 0 radical (unpaired) electrons. The molecule has 2 N–H and O–H groups in total. The maximum Gasteiger partial charge on any atom is 0.334 e. The molecular weight excluding hydrogens is 188 g/mol. The van der Waals surface area contributed by atoms with Gasteiger partial charge in [-0.15, -0.1) is 0 Å². The van der Waals surface area contributed by atoms with Crippen LogP contribution >= 0.6 is 11.5 Å². The van der Waals surface area contributed by atoms with E-state index in [0.717, 1.165) is 15.6 Å². The van der Waals surface area contributed by atoms with Gasteiger partial charge in [0.25, 0.3) is 0 Å². The topological polar surface area (TPSA) is 71.6 Å². The Labute approximate surface area is 80.0 Å². The molecule has 0 unspecified atom stereocenters. The Morgan fingerprint density at radius 3 is 3.00 bits per heavy atom. The first-order valence-electron chi connectivity index (χ1n) is 3.60. The molecule has 1 rings (SSSR count). The highest BCUT2D eigenvalue weighted by Gasteiger charge is 1.99. The van der Waals surface area contributed by atoms with E-state index < -0.39 is 6.03 Å². The Bertz CT molecular complexity index is 333. The number of urea groups is 1. The van der Waals surface area contributed by atoms with E-state index in [1.807, 2.05) is 13.0 Å². The number of aryl methyl sites for hydroxylation is 1. The van der Waals surface area contributed by atoms with Gasteiger partial charge in [-0.1, -0.05) is 0 Å². The molecule has 0 aliphatic carbocycles. The Morgan fingerprint density at radius 1 is 1.85 bits per heavy atom. The summed E-state index contributed by atoms with van der Waals surface area (Å²) in [4.78, 5) is 11.4. The second-order valence-corrected chi connectivity index (χ2v) is 3.31. The summed E-state index contributed by atoms with van der Waals surface area (Å²) in [5.41, 5.74) is 5.90. The fraction of sp³-hybridized carbons (Fsp3) is 0.286. The number of hydrazone groups is 1. The van der Waals surface area contributed by atoms with Crippen LogP contribution in [-0.4, -0.2) is 28.7 Å². The summed E-state index contributed by atoms with van der Waals surface area (Å²) in [6.07, 6.45) is 1.55. The predicted octanol–water partition coefficient (Wildman–Crippen LogP) is 0.796. The smallest absolute Gasteiger partial charge is 0.334 e. The van der Waals surface area contributed by atoms with Crippen molar-refractivity contribution in [3.8, 4) is 0 Å².